The van der Waals surface area contributed by atoms with Crippen molar-refractivity contribution >= 4 is 11.7 Å². The minimum atomic E-state index is -0.117. The fraction of sp³-hybridized carbons (Fsp3) is 0.0909. The third kappa shape index (κ3) is 4.21. The minimum absolute atomic E-state index is 0.0265. The molecule has 124 valence electrons. The molecule has 0 aromatic heterocycles. The summed E-state index contributed by atoms with van der Waals surface area (Å²) in [4.78, 5) is 24.0. The van der Waals surface area contributed by atoms with E-state index < -0.39 is 0 Å². The largest absolute Gasteiger partial charge is 0.348 e. The number of carbonyl (C=O) groups excluding carboxylic acids is 2. The minimum Gasteiger partial charge on any atom is -0.348 e. The molecule has 3 nitrogen and oxygen atoms in total. The molecule has 0 unspecified atom stereocenters. The normalized spacial score (nSPS) is 10.3. The van der Waals surface area contributed by atoms with Crippen molar-refractivity contribution in [1.29, 1.82) is 0 Å². The third-order valence-corrected chi connectivity index (χ3v) is 4.02. The summed E-state index contributed by atoms with van der Waals surface area (Å²) in [6, 6.07) is 24.7. The number of Topliss-reactive ketones (excluding diaryl/α,β-unsaturated/α-hetero) is 1. The Balaban J connectivity index is 1.78. The summed E-state index contributed by atoms with van der Waals surface area (Å²) in [6.45, 7) is 2.04. The van der Waals surface area contributed by atoms with Crippen LogP contribution < -0.4 is 5.32 Å². The molecule has 1 amide bonds. The Morgan fingerprint density at radius 1 is 0.760 bits per heavy atom. The zero-order chi connectivity index (χ0) is 17.6. The van der Waals surface area contributed by atoms with Crippen molar-refractivity contribution in [2.75, 3.05) is 0 Å². The average molecular weight is 329 g/mol. The third-order valence-electron chi connectivity index (χ3n) is 4.02. The molecule has 0 spiro atoms. The van der Waals surface area contributed by atoms with E-state index in [0.717, 1.165) is 16.7 Å². The van der Waals surface area contributed by atoms with Crippen LogP contribution in [0.2, 0.25) is 0 Å². The van der Waals surface area contributed by atoms with Crippen LogP contribution in [0.25, 0.3) is 11.1 Å². The van der Waals surface area contributed by atoms with Gasteiger partial charge >= 0.3 is 0 Å². The van der Waals surface area contributed by atoms with E-state index in [2.05, 4.69) is 5.32 Å². The number of benzene rings is 3. The lowest BCUT2D eigenvalue weighted by molar-refractivity contribution is 0.0950. The van der Waals surface area contributed by atoms with E-state index in [9.17, 15) is 9.59 Å². The zero-order valence-electron chi connectivity index (χ0n) is 14.0. The van der Waals surface area contributed by atoms with Crippen LogP contribution in [0, 0.1) is 0 Å². The Morgan fingerprint density at radius 3 is 2.00 bits per heavy atom. The van der Waals surface area contributed by atoms with Crippen LogP contribution >= 0.6 is 0 Å². The van der Waals surface area contributed by atoms with Crippen LogP contribution in [0.1, 0.15) is 33.2 Å². The highest BCUT2D eigenvalue weighted by Crippen LogP contribution is 2.22. The second kappa shape index (κ2) is 7.58. The summed E-state index contributed by atoms with van der Waals surface area (Å²) >= 11 is 0. The molecular formula is C22H19NO2. The summed E-state index contributed by atoms with van der Waals surface area (Å²) in [7, 11) is 0. The number of rotatable bonds is 5. The van der Waals surface area contributed by atoms with Crippen molar-refractivity contribution in [1.82, 2.24) is 5.32 Å². The van der Waals surface area contributed by atoms with Gasteiger partial charge in [0.2, 0.25) is 0 Å². The fourth-order valence-electron chi connectivity index (χ4n) is 2.64. The van der Waals surface area contributed by atoms with E-state index in [0.29, 0.717) is 17.7 Å². The molecule has 0 radical (unpaired) electrons. The highest BCUT2D eigenvalue weighted by atomic mass is 16.1. The monoisotopic (exact) mass is 329 g/mol. The number of hydrogen-bond acceptors (Lipinski definition) is 2. The molecule has 0 fully saturated rings. The zero-order valence-corrected chi connectivity index (χ0v) is 14.0. The molecule has 0 aliphatic heterocycles. The van der Waals surface area contributed by atoms with E-state index in [1.807, 2.05) is 66.7 Å². The Morgan fingerprint density at radius 2 is 1.36 bits per heavy atom. The Bertz CT molecular complexity index is 901. The topological polar surface area (TPSA) is 46.2 Å². The summed E-state index contributed by atoms with van der Waals surface area (Å²) < 4.78 is 0. The van der Waals surface area contributed by atoms with Crippen molar-refractivity contribution in [3.8, 4) is 11.1 Å². The molecule has 0 heterocycles. The Kier molecular flexibility index (Phi) is 5.05. The van der Waals surface area contributed by atoms with Crippen LogP contribution in [0.15, 0.2) is 78.9 Å². The van der Waals surface area contributed by atoms with Crippen molar-refractivity contribution in [3.63, 3.8) is 0 Å². The van der Waals surface area contributed by atoms with Gasteiger partial charge in [0.1, 0.15) is 0 Å². The number of nitrogens with one attached hydrogen (secondary N) is 1. The second-order valence-electron chi connectivity index (χ2n) is 5.89. The first-order chi connectivity index (χ1) is 12.1. The van der Waals surface area contributed by atoms with Crippen LogP contribution in [-0.4, -0.2) is 11.7 Å². The summed E-state index contributed by atoms with van der Waals surface area (Å²) in [5.41, 5.74) is 4.15. The summed E-state index contributed by atoms with van der Waals surface area (Å²) in [6.07, 6.45) is 0. The molecule has 3 heteroatoms. The molecule has 0 atom stereocenters. The molecule has 0 bridgehead atoms. The first-order valence-electron chi connectivity index (χ1n) is 8.17. The van der Waals surface area contributed by atoms with Gasteiger partial charge in [0.05, 0.1) is 0 Å². The van der Waals surface area contributed by atoms with Crippen LogP contribution in [0.4, 0.5) is 0 Å². The molecule has 0 saturated carbocycles. The van der Waals surface area contributed by atoms with Crippen LogP contribution in [-0.2, 0) is 6.54 Å². The summed E-state index contributed by atoms with van der Waals surface area (Å²) in [5.74, 6) is -0.0907. The standard InChI is InChI=1S/C22H19NO2/c1-16(24)18-9-5-10-19(13-18)20-11-6-12-21(14-20)22(25)23-15-17-7-3-2-4-8-17/h2-14H,15H2,1H3,(H,23,25). The van der Waals surface area contributed by atoms with Gasteiger partial charge in [-0.3, -0.25) is 9.59 Å². The molecule has 3 aromatic carbocycles. The van der Waals surface area contributed by atoms with E-state index >= 15 is 0 Å². The van der Waals surface area contributed by atoms with Gasteiger partial charge in [0, 0.05) is 17.7 Å². The van der Waals surface area contributed by atoms with Gasteiger partial charge < -0.3 is 5.32 Å². The van der Waals surface area contributed by atoms with Crippen molar-refractivity contribution in [3.05, 3.63) is 95.6 Å². The molecule has 1 N–H and O–H groups in total. The van der Waals surface area contributed by atoms with Crippen molar-refractivity contribution in [2.45, 2.75) is 13.5 Å². The van der Waals surface area contributed by atoms with Gasteiger partial charge in [0.15, 0.2) is 5.78 Å². The van der Waals surface area contributed by atoms with Gasteiger partial charge in [-0.05, 0) is 41.8 Å². The predicted octanol–water partition coefficient (Wildman–Crippen LogP) is 4.49. The average Bonchev–Trinajstić information content (AvgIpc) is 2.67. The number of carbonyl (C=O) groups is 2. The molecular weight excluding hydrogens is 310 g/mol. The van der Waals surface area contributed by atoms with Gasteiger partial charge in [-0.1, -0.05) is 60.7 Å². The van der Waals surface area contributed by atoms with E-state index in [-0.39, 0.29) is 11.7 Å². The SMILES string of the molecule is CC(=O)c1cccc(-c2cccc(C(=O)NCc3ccccc3)c2)c1. The van der Waals surface area contributed by atoms with E-state index in [4.69, 9.17) is 0 Å². The molecule has 0 aliphatic rings. The van der Waals surface area contributed by atoms with Crippen LogP contribution in [0.3, 0.4) is 0 Å². The molecule has 3 rings (SSSR count). The smallest absolute Gasteiger partial charge is 0.251 e. The lowest BCUT2D eigenvalue weighted by atomic mass is 10.00. The fourth-order valence-corrected chi connectivity index (χ4v) is 2.64. The lowest BCUT2D eigenvalue weighted by Crippen LogP contribution is -2.22. The Hall–Kier alpha value is -3.20. The maximum absolute atomic E-state index is 12.4. The number of amides is 1. The molecule has 0 saturated heterocycles. The highest BCUT2D eigenvalue weighted by molar-refractivity contribution is 5.97. The highest BCUT2D eigenvalue weighted by Gasteiger charge is 2.08. The van der Waals surface area contributed by atoms with Gasteiger partial charge in [0.25, 0.3) is 5.91 Å². The summed E-state index contributed by atoms with van der Waals surface area (Å²) in [5, 5.41) is 2.93. The van der Waals surface area contributed by atoms with Gasteiger partial charge in [-0.15, -0.1) is 0 Å². The Labute approximate surface area is 147 Å². The molecule has 3 aromatic rings. The predicted molar refractivity (Wildman–Crippen MR) is 99.5 cm³/mol. The first-order valence-corrected chi connectivity index (χ1v) is 8.17. The van der Waals surface area contributed by atoms with Crippen LogP contribution in [0.5, 0.6) is 0 Å². The van der Waals surface area contributed by atoms with E-state index in [1.165, 1.54) is 0 Å². The van der Waals surface area contributed by atoms with Gasteiger partial charge in [-0.25, -0.2) is 0 Å². The number of ketones is 1. The first kappa shape index (κ1) is 16.7. The van der Waals surface area contributed by atoms with Crippen molar-refractivity contribution < 1.29 is 9.59 Å². The van der Waals surface area contributed by atoms with Gasteiger partial charge in [-0.2, -0.15) is 0 Å². The van der Waals surface area contributed by atoms with E-state index in [1.54, 1.807) is 19.1 Å². The molecule has 0 aliphatic carbocycles. The number of hydrogen-bond donors (Lipinski definition) is 1. The quantitative estimate of drug-likeness (QED) is 0.701. The lowest BCUT2D eigenvalue weighted by Gasteiger charge is -2.08. The maximum atomic E-state index is 12.4. The maximum Gasteiger partial charge on any atom is 0.251 e. The van der Waals surface area contributed by atoms with Crippen molar-refractivity contribution in [2.24, 2.45) is 0 Å². The molecule has 25 heavy (non-hydrogen) atoms. The second-order valence-corrected chi connectivity index (χ2v) is 5.89.